The Labute approximate surface area is 115 Å². The highest BCUT2D eigenvalue weighted by Crippen LogP contribution is 2.24. The Morgan fingerprint density at radius 3 is 3.16 bits per heavy atom. The number of anilines is 1. The lowest BCUT2D eigenvalue weighted by Gasteiger charge is -2.20. The molecule has 1 aromatic heterocycles. The van der Waals surface area contributed by atoms with E-state index in [1.54, 1.807) is 5.51 Å². The predicted octanol–water partition coefficient (Wildman–Crippen LogP) is 2.35. The second-order valence-electron chi connectivity index (χ2n) is 4.59. The van der Waals surface area contributed by atoms with Crippen molar-refractivity contribution in [1.82, 2.24) is 10.3 Å². The molecule has 0 unspecified atom stereocenters. The largest absolute Gasteiger partial charge is 0.321 e. The van der Waals surface area contributed by atoms with Gasteiger partial charge < -0.3 is 10.6 Å². The summed E-state index contributed by atoms with van der Waals surface area (Å²) >= 11 is 1.38. The zero-order valence-corrected chi connectivity index (χ0v) is 11.5. The van der Waals surface area contributed by atoms with Gasteiger partial charge in [-0.25, -0.2) is 4.98 Å². The third-order valence-corrected chi connectivity index (χ3v) is 4.27. The topological polar surface area (TPSA) is 54.0 Å². The molecule has 2 N–H and O–H groups in total. The van der Waals surface area contributed by atoms with Gasteiger partial charge in [-0.15, -0.1) is 11.3 Å². The molecule has 0 bridgehead atoms. The third-order valence-electron chi connectivity index (χ3n) is 3.34. The number of thiazole rings is 1. The maximum Gasteiger partial charge on any atom is 0.267 e. The summed E-state index contributed by atoms with van der Waals surface area (Å²) in [6.07, 6.45) is 0.952. The van der Waals surface area contributed by atoms with Gasteiger partial charge >= 0.3 is 0 Å². The van der Waals surface area contributed by atoms with Crippen molar-refractivity contribution in [1.29, 1.82) is 0 Å². The number of benzene rings is 1. The standard InChI is InChI=1S/C14H15N3OS/c1-9-13(19-8-16-9)14(18)17-12-4-2-3-10-7-15-6-5-11(10)12/h2-4,8,15H,5-7H2,1H3,(H,17,18). The molecule has 1 amide bonds. The summed E-state index contributed by atoms with van der Waals surface area (Å²) in [6, 6.07) is 6.06. The Hall–Kier alpha value is -1.72. The number of hydrogen-bond donors (Lipinski definition) is 2. The van der Waals surface area contributed by atoms with Gasteiger partial charge in [-0.1, -0.05) is 12.1 Å². The first-order valence-electron chi connectivity index (χ1n) is 6.28. The molecule has 0 saturated heterocycles. The van der Waals surface area contributed by atoms with Crippen molar-refractivity contribution in [2.45, 2.75) is 19.9 Å². The van der Waals surface area contributed by atoms with Gasteiger partial charge in [0.1, 0.15) is 4.88 Å². The summed E-state index contributed by atoms with van der Waals surface area (Å²) in [7, 11) is 0. The lowest BCUT2D eigenvalue weighted by atomic mass is 9.99. The number of nitrogens with zero attached hydrogens (tertiary/aromatic N) is 1. The molecule has 0 radical (unpaired) electrons. The van der Waals surface area contributed by atoms with Crippen LogP contribution in [-0.2, 0) is 13.0 Å². The van der Waals surface area contributed by atoms with E-state index in [9.17, 15) is 4.79 Å². The van der Waals surface area contributed by atoms with Crippen LogP contribution in [0, 0.1) is 6.92 Å². The molecule has 1 aliphatic rings. The summed E-state index contributed by atoms with van der Waals surface area (Å²) in [4.78, 5) is 17.0. The smallest absolute Gasteiger partial charge is 0.267 e. The number of carbonyl (C=O) groups excluding carboxylic acids is 1. The normalized spacial score (nSPS) is 13.9. The number of nitrogens with one attached hydrogen (secondary N) is 2. The van der Waals surface area contributed by atoms with E-state index >= 15 is 0 Å². The van der Waals surface area contributed by atoms with E-state index < -0.39 is 0 Å². The molecule has 0 fully saturated rings. The first kappa shape index (κ1) is 12.3. The second-order valence-corrected chi connectivity index (χ2v) is 5.45. The Bertz CT molecular complexity index is 621. The van der Waals surface area contributed by atoms with E-state index in [-0.39, 0.29) is 5.91 Å². The zero-order chi connectivity index (χ0) is 13.2. The van der Waals surface area contributed by atoms with Crippen LogP contribution in [0.3, 0.4) is 0 Å². The fourth-order valence-electron chi connectivity index (χ4n) is 2.35. The van der Waals surface area contributed by atoms with Crippen LogP contribution in [0.15, 0.2) is 23.7 Å². The summed E-state index contributed by atoms with van der Waals surface area (Å²) < 4.78 is 0. The highest BCUT2D eigenvalue weighted by molar-refractivity contribution is 7.12. The van der Waals surface area contributed by atoms with Crippen molar-refractivity contribution < 1.29 is 4.79 Å². The monoisotopic (exact) mass is 273 g/mol. The number of carbonyl (C=O) groups is 1. The third kappa shape index (κ3) is 2.39. The van der Waals surface area contributed by atoms with E-state index in [4.69, 9.17) is 0 Å². The Morgan fingerprint density at radius 1 is 1.47 bits per heavy atom. The summed E-state index contributed by atoms with van der Waals surface area (Å²) in [5, 5.41) is 6.35. The fourth-order valence-corrected chi connectivity index (χ4v) is 3.05. The van der Waals surface area contributed by atoms with Crippen molar-refractivity contribution in [3.63, 3.8) is 0 Å². The van der Waals surface area contributed by atoms with Crippen LogP contribution in [0.25, 0.3) is 0 Å². The van der Waals surface area contributed by atoms with Crippen LogP contribution in [0.5, 0.6) is 0 Å². The van der Waals surface area contributed by atoms with Crippen molar-refractivity contribution in [3.05, 3.63) is 45.4 Å². The number of aryl methyl sites for hydroxylation is 1. The SMILES string of the molecule is Cc1ncsc1C(=O)Nc1cccc2c1CCNC2. The molecule has 0 spiro atoms. The molecule has 5 heteroatoms. The quantitative estimate of drug-likeness (QED) is 0.883. The Balaban J connectivity index is 1.88. The predicted molar refractivity (Wildman–Crippen MR) is 76.7 cm³/mol. The van der Waals surface area contributed by atoms with E-state index in [0.29, 0.717) is 4.88 Å². The summed E-state index contributed by atoms with van der Waals surface area (Å²) in [5.74, 6) is -0.0630. The molecule has 4 nitrogen and oxygen atoms in total. The van der Waals surface area contributed by atoms with Gasteiger partial charge in [-0.2, -0.15) is 0 Å². The highest BCUT2D eigenvalue weighted by Gasteiger charge is 2.16. The van der Waals surface area contributed by atoms with Gasteiger partial charge in [-0.05, 0) is 37.1 Å². The molecule has 19 heavy (non-hydrogen) atoms. The highest BCUT2D eigenvalue weighted by atomic mass is 32.1. The molecule has 3 rings (SSSR count). The van der Waals surface area contributed by atoms with Crippen LogP contribution in [0.4, 0.5) is 5.69 Å². The minimum Gasteiger partial charge on any atom is -0.321 e. The lowest BCUT2D eigenvalue weighted by molar-refractivity contribution is 0.102. The number of amides is 1. The molecular weight excluding hydrogens is 258 g/mol. The van der Waals surface area contributed by atoms with Crippen LogP contribution in [0.1, 0.15) is 26.5 Å². The molecule has 1 aliphatic heterocycles. The molecule has 0 atom stereocenters. The summed E-state index contributed by atoms with van der Waals surface area (Å²) in [5.41, 5.74) is 5.93. The van der Waals surface area contributed by atoms with E-state index in [1.807, 2.05) is 19.1 Å². The van der Waals surface area contributed by atoms with Crippen molar-refractivity contribution in [3.8, 4) is 0 Å². The summed E-state index contributed by atoms with van der Waals surface area (Å²) in [6.45, 7) is 3.69. The average molecular weight is 273 g/mol. The number of hydrogen-bond acceptors (Lipinski definition) is 4. The van der Waals surface area contributed by atoms with Gasteiger partial charge in [-0.3, -0.25) is 4.79 Å². The number of rotatable bonds is 2. The van der Waals surface area contributed by atoms with Crippen molar-refractivity contribution in [2.75, 3.05) is 11.9 Å². The molecule has 2 aromatic rings. The van der Waals surface area contributed by atoms with Crippen LogP contribution >= 0.6 is 11.3 Å². The molecule has 0 aliphatic carbocycles. The Morgan fingerprint density at radius 2 is 2.37 bits per heavy atom. The van der Waals surface area contributed by atoms with E-state index in [0.717, 1.165) is 30.9 Å². The van der Waals surface area contributed by atoms with Gasteiger partial charge in [0.25, 0.3) is 5.91 Å². The van der Waals surface area contributed by atoms with Gasteiger partial charge in [0.15, 0.2) is 0 Å². The van der Waals surface area contributed by atoms with E-state index in [1.165, 1.54) is 22.5 Å². The van der Waals surface area contributed by atoms with Gasteiger partial charge in [0.05, 0.1) is 11.2 Å². The maximum absolute atomic E-state index is 12.2. The maximum atomic E-state index is 12.2. The van der Waals surface area contributed by atoms with Crippen molar-refractivity contribution >= 4 is 22.9 Å². The van der Waals surface area contributed by atoms with Crippen molar-refractivity contribution in [2.24, 2.45) is 0 Å². The minimum absolute atomic E-state index is 0.0630. The van der Waals surface area contributed by atoms with Crippen LogP contribution in [-0.4, -0.2) is 17.4 Å². The van der Waals surface area contributed by atoms with Crippen LogP contribution < -0.4 is 10.6 Å². The number of aromatic nitrogens is 1. The number of fused-ring (bicyclic) bond motifs is 1. The molecule has 0 saturated carbocycles. The molecule has 2 heterocycles. The zero-order valence-electron chi connectivity index (χ0n) is 10.7. The Kier molecular flexibility index (Phi) is 3.31. The van der Waals surface area contributed by atoms with Gasteiger partial charge in [0, 0.05) is 12.2 Å². The van der Waals surface area contributed by atoms with Gasteiger partial charge in [0.2, 0.25) is 0 Å². The first-order valence-corrected chi connectivity index (χ1v) is 7.16. The average Bonchev–Trinajstić information content (AvgIpc) is 2.85. The molecular formula is C14H15N3OS. The minimum atomic E-state index is -0.0630. The second kappa shape index (κ2) is 5.11. The first-order chi connectivity index (χ1) is 9.25. The van der Waals surface area contributed by atoms with Crippen LogP contribution in [0.2, 0.25) is 0 Å². The molecule has 1 aromatic carbocycles. The van der Waals surface area contributed by atoms with E-state index in [2.05, 4.69) is 21.7 Å². The molecule has 98 valence electrons. The lowest BCUT2D eigenvalue weighted by Crippen LogP contribution is -2.25. The fraction of sp³-hybridized carbons (Fsp3) is 0.286.